The van der Waals surface area contributed by atoms with Crippen LogP contribution >= 0.6 is 11.8 Å². The van der Waals surface area contributed by atoms with Gasteiger partial charge in [0.05, 0.1) is 4.91 Å². The number of para-hydroxylation sites is 1. The normalized spacial score (nSPS) is 15.7. The Morgan fingerprint density at radius 3 is 2.52 bits per heavy atom. The lowest BCUT2D eigenvalue weighted by Gasteiger charge is -2.12. The molecule has 1 aliphatic heterocycles. The van der Waals surface area contributed by atoms with E-state index in [-0.39, 0.29) is 29.2 Å². The third-order valence-corrected chi connectivity index (χ3v) is 5.39. The van der Waals surface area contributed by atoms with Crippen LogP contribution in [0, 0.1) is 0 Å². The molecule has 3 rings (SSSR count). The van der Waals surface area contributed by atoms with Crippen LogP contribution in [0.3, 0.4) is 0 Å². The third-order valence-electron chi connectivity index (χ3n) is 4.49. The first-order chi connectivity index (χ1) is 13.0. The molecule has 27 heavy (non-hydrogen) atoms. The van der Waals surface area contributed by atoms with E-state index in [1.165, 1.54) is 16.5 Å². The molecule has 2 amide bonds. The van der Waals surface area contributed by atoms with Gasteiger partial charge >= 0.3 is 0 Å². The molecule has 0 radical (unpaired) electrons. The minimum absolute atomic E-state index is 0.151. The molecular formula is C21H21NO4S. The first-order valence-corrected chi connectivity index (χ1v) is 9.65. The van der Waals surface area contributed by atoms with Gasteiger partial charge in [-0.05, 0) is 59.9 Å². The summed E-state index contributed by atoms with van der Waals surface area (Å²) in [4.78, 5) is 26.4. The Morgan fingerprint density at radius 1 is 1.07 bits per heavy atom. The van der Waals surface area contributed by atoms with Crippen LogP contribution in [0.15, 0.2) is 47.4 Å². The van der Waals surface area contributed by atoms with Gasteiger partial charge < -0.3 is 10.2 Å². The van der Waals surface area contributed by atoms with E-state index in [9.17, 15) is 19.8 Å². The summed E-state index contributed by atoms with van der Waals surface area (Å²) in [6, 6.07) is 12.7. The highest BCUT2D eigenvalue weighted by atomic mass is 32.2. The van der Waals surface area contributed by atoms with Crippen LogP contribution in [-0.2, 0) is 17.6 Å². The van der Waals surface area contributed by atoms with Crippen LogP contribution in [0.4, 0.5) is 4.79 Å². The summed E-state index contributed by atoms with van der Waals surface area (Å²) < 4.78 is 0. The smallest absolute Gasteiger partial charge is 0.293 e. The van der Waals surface area contributed by atoms with Gasteiger partial charge in [-0.2, -0.15) is 0 Å². The number of imide groups is 1. The molecule has 0 aromatic heterocycles. The molecule has 140 valence electrons. The lowest BCUT2D eigenvalue weighted by atomic mass is 10.1. The maximum atomic E-state index is 12.5. The fourth-order valence-corrected chi connectivity index (χ4v) is 3.77. The zero-order valence-electron chi connectivity index (χ0n) is 15.0. The summed E-state index contributed by atoms with van der Waals surface area (Å²) in [7, 11) is 0. The van der Waals surface area contributed by atoms with Gasteiger partial charge in [0.15, 0.2) is 11.5 Å². The number of aromatic hydroxyl groups is 2. The second-order valence-corrected chi connectivity index (χ2v) is 7.31. The fraction of sp³-hybridized carbons (Fsp3) is 0.238. The van der Waals surface area contributed by atoms with Crippen molar-refractivity contribution >= 4 is 29.0 Å². The van der Waals surface area contributed by atoms with Gasteiger partial charge in [0.2, 0.25) is 0 Å². The number of nitrogens with zero attached hydrogens (tertiary/aromatic N) is 1. The van der Waals surface area contributed by atoms with Crippen molar-refractivity contribution in [2.75, 3.05) is 6.54 Å². The molecule has 0 aliphatic carbocycles. The van der Waals surface area contributed by atoms with E-state index in [0.717, 1.165) is 23.7 Å². The summed E-state index contributed by atoms with van der Waals surface area (Å²) in [5.41, 5.74) is 2.70. The largest absolute Gasteiger partial charge is 0.504 e. The van der Waals surface area contributed by atoms with Gasteiger partial charge in [-0.3, -0.25) is 14.5 Å². The van der Waals surface area contributed by atoms with Crippen LogP contribution in [-0.4, -0.2) is 32.8 Å². The van der Waals surface area contributed by atoms with Gasteiger partial charge in [0.25, 0.3) is 11.1 Å². The lowest BCUT2D eigenvalue weighted by Crippen LogP contribution is -2.29. The van der Waals surface area contributed by atoms with E-state index in [4.69, 9.17) is 0 Å². The molecule has 1 heterocycles. The van der Waals surface area contributed by atoms with Gasteiger partial charge in [-0.1, -0.05) is 43.3 Å². The molecule has 0 unspecified atom stereocenters. The van der Waals surface area contributed by atoms with Crippen LogP contribution < -0.4 is 0 Å². The van der Waals surface area contributed by atoms with Crippen molar-refractivity contribution < 1.29 is 19.8 Å². The Kier molecular flexibility index (Phi) is 5.86. The fourth-order valence-electron chi connectivity index (χ4n) is 2.90. The summed E-state index contributed by atoms with van der Waals surface area (Å²) in [6.07, 6.45) is 3.66. The van der Waals surface area contributed by atoms with E-state index in [2.05, 4.69) is 6.92 Å². The van der Waals surface area contributed by atoms with Gasteiger partial charge in [0.1, 0.15) is 0 Å². The maximum Gasteiger partial charge on any atom is 0.293 e. The number of amides is 2. The number of phenolic OH excluding ortho intramolecular Hbond substituents is 2. The zero-order chi connectivity index (χ0) is 19.4. The predicted molar refractivity (Wildman–Crippen MR) is 107 cm³/mol. The molecule has 0 saturated carbocycles. The Bertz CT molecular complexity index is 890. The van der Waals surface area contributed by atoms with Crippen LogP contribution in [0.5, 0.6) is 11.5 Å². The van der Waals surface area contributed by atoms with Crippen LogP contribution in [0.1, 0.15) is 30.0 Å². The average Bonchev–Trinajstić information content (AvgIpc) is 2.93. The Balaban J connectivity index is 1.63. The summed E-state index contributed by atoms with van der Waals surface area (Å²) in [5, 5.41) is 19.1. The number of benzene rings is 2. The number of thioether (sulfide) groups is 1. The Morgan fingerprint density at radius 2 is 1.81 bits per heavy atom. The lowest BCUT2D eigenvalue weighted by molar-refractivity contribution is -0.122. The average molecular weight is 383 g/mol. The van der Waals surface area contributed by atoms with Crippen LogP contribution in [0.2, 0.25) is 0 Å². The molecule has 2 aromatic carbocycles. The van der Waals surface area contributed by atoms with Gasteiger partial charge in [-0.15, -0.1) is 0 Å². The SMILES string of the molecule is CCc1ccc(C=C2SC(=O)N(CCCc3cccc(O)c3O)C2=O)cc1. The second-order valence-electron chi connectivity index (χ2n) is 6.32. The molecule has 0 spiro atoms. The Hall–Kier alpha value is -2.73. The molecule has 1 saturated heterocycles. The highest BCUT2D eigenvalue weighted by molar-refractivity contribution is 8.18. The van der Waals surface area contributed by atoms with E-state index < -0.39 is 0 Å². The first-order valence-electron chi connectivity index (χ1n) is 8.83. The van der Waals surface area contributed by atoms with E-state index >= 15 is 0 Å². The van der Waals surface area contributed by atoms with Gasteiger partial charge in [-0.25, -0.2) is 0 Å². The molecule has 0 bridgehead atoms. The third kappa shape index (κ3) is 4.34. The summed E-state index contributed by atoms with van der Waals surface area (Å²) in [6.45, 7) is 2.35. The van der Waals surface area contributed by atoms with Gasteiger partial charge in [0, 0.05) is 6.54 Å². The highest BCUT2D eigenvalue weighted by Gasteiger charge is 2.34. The topological polar surface area (TPSA) is 77.8 Å². The quantitative estimate of drug-likeness (QED) is 0.573. The number of aryl methyl sites for hydroxylation is 2. The summed E-state index contributed by atoms with van der Waals surface area (Å²) >= 11 is 0.948. The van der Waals surface area contributed by atoms with Crippen molar-refractivity contribution in [2.24, 2.45) is 0 Å². The standard InChI is InChI=1S/C21H21NO4S/c1-2-14-8-10-15(11-9-14)13-18-20(25)22(21(26)27-18)12-4-6-16-5-3-7-17(23)19(16)24/h3,5,7-11,13,23-24H,2,4,6,12H2,1H3. The molecule has 1 fully saturated rings. The number of hydrogen-bond donors (Lipinski definition) is 2. The van der Waals surface area contributed by atoms with Crippen molar-refractivity contribution in [1.82, 2.24) is 4.90 Å². The number of carbonyl (C=O) groups is 2. The minimum Gasteiger partial charge on any atom is -0.504 e. The second kappa shape index (κ2) is 8.31. The zero-order valence-corrected chi connectivity index (χ0v) is 15.8. The van der Waals surface area contributed by atoms with Crippen molar-refractivity contribution in [2.45, 2.75) is 26.2 Å². The molecule has 0 atom stereocenters. The van der Waals surface area contributed by atoms with Crippen molar-refractivity contribution in [3.8, 4) is 11.5 Å². The molecule has 5 nitrogen and oxygen atoms in total. The molecule has 1 aliphatic rings. The molecular weight excluding hydrogens is 362 g/mol. The number of carbonyl (C=O) groups excluding carboxylic acids is 2. The van der Waals surface area contributed by atoms with E-state index in [0.29, 0.717) is 23.3 Å². The summed E-state index contributed by atoms with van der Waals surface area (Å²) in [5.74, 6) is -0.609. The number of phenols is 2. The monoisotopic (exact) mass is 383 g/mol. The number of hydrogen-bond acceptors (Lipinski definition) is 5. The molecule has 6 heteroatoms. The van der Waals surface area contributed by atoms with Crippen molar-refractivity contribution in [3.05, 3.63) is 64.1 Å². The maximum absolute atomic E-state index is 12.5. The molecule has 2 aromatic rings. The van der Waals surface area contributed by atoms with Crippen molar-refractivity contribution in [1.29, 1.82) is 0 Å². The van der Waals surface area contributed by atoms with Crippen LogP contribution in [0.25, 0.3) is 6.08 Å². The predicted octanol–water partition coefficient (Wildman–Crippen LogP) is 4.33. The van der Waals surface area contributed by atoms with Crippen molar-refractivity contribution in [3.63, 3.8) is 0 Å². The first kappa shape index (κ1) is 19.0. The van der Waals surface area contributed by atoms with E-state index in [1.54, 1.807) is 18.2 Å². The minimum atomic E-state index is -0.287. The number of rotatable bonds is 6. The highest BCUT2D eigenvalue weighted by Crippen LogP contribution is 2.33. The van der Waals surface area contributed by atoms with E-state index in [1.807, 2.05) is 24.3 Å². The molecule has 2 N–H and O–H groups in total. The Labute approximate surface area is 162 Å².